The van der Waals surface area contributed by atoms with Crippen molar-refractivity contribution in [1.29, 1.82) is 0 Å². The Kier molecular flexibility index (Phi) is 2.72. The van der Waals surface area contributed by atoms with Crippen LogP contribution in [-0.2, 0) is 7.05 Å². The number of carboxylic acid groups (broad SMARTS) is 1. The number of aromatic nitrogens is 5. The number of carbonyl (C=O) groups is 1. The molecule has 0 aliphatic rings. The number of hydrogen-bond donors (Lipinski definition) is 1. The quantitative estimate of drug-likeness (QED) is 0.778. The number of aryl methyl sites for hydroxylation is 2. The summed E-state index contributed by atoms with van der Waals surface area (Å²) in [6.45, 7) is 1.86. The topological polar surface area (TPSA) is 85.3 Å². The van der Waals surface area contributed by atoms with Crippen LogP contribution in [0.4, 0.5) is 0 Å². The standard InChI is InChI=1S/C12H10ClN5O2/c1-6-3-9(17(2)16-6)11-15-14-10-8(13)4-7(12(19)20)5-18(10)11/h3-5H,1-2H3,(H,19,20). The zero-order valence-electron chi connectivity index (χ0n) is 10.7. The van der Waals surface area contributed by atoms with E-state index in [1.807, 2.05) is 13.0 Å². The third-order valence-electron chi connectivity index (χ3n) is 2.94. The second kappa shape index (κ2) is 4.31. The van der Waals surface area contributed by atoms with Crippen LogP contribution in [0.25, 0.3) is 17.2 Å². The summed E-state index contributed by atoms with van der Waals surface area (Å²) in [5.74, 6) is -0.567. The summed E-state index contributed by atoms with van der Waals surface area (Å²) in [7, 11) is 1.78. The van der Waals surface area contributed by atoms with Crippen molar-refractivity contribution in [3.05, 3.63) is 34.6 Å². The first-order valence-corrected chi connectivity index (χ1v) is 6.14. The number of nitrogens with zero attached hydrogens (tertiary/aromatic N) is 5. The van der Waals surface area contributed by atoms with E-state index >= 15 is 0 Å². The Bertz CT molecular complexity index is 836. The Labute approximate surface area is 118 Å². The Hall–Kier alpha value is -2.41. The van der Waals surface area contributed by atoms with Crippen molar-refractivity contribution in [2.45, 2.75) is 6.92 Å². The van der Waals surface area contributed by atoms with Crippen molar-refractivity contribution in [2.75, 3.05) is 0 Å². The minimum Gasteiger partial charge on any atom is -0.478 e. The predicted octanol–water partition coefficient (Wildman–Crippen LogP) is 1.79. The molecule has 102 valence electrons. The van der Waals surface area contributed by atoms with Gasteiger partial charge in [0.05, 0.1) is 16.3 Å². The molecule has 0 aliphatic carbocycles. The fourth-order valence-electron chi connectivity index (χ4n) is 2.07. The molecule has 20 heavy (non-hydrogen) atoms. The molecule has 0 aromatic carbocycles. The normalized spacial score (nSPS) is 11.2. The van der Waals surface area contributed by atoms with Crippen LogP contribution >= 0.6 is 11.6 Å². The molecule has 0 fully saturated rings. The summed E-state index contributed by atoms with van der Waals surface area (Å²) in [5.41, 5.74) is 2.04. The highest BCUT2D eigenvalue weighted by Gasteiger charge is 2.17. The van der Waals surface area contributed by atoms with Gasteiger partial charge in [0.15, 0.2) is 11.5 Å². The van der Waals surface area contributed by atoms with E-state index in [-0.39, 0.29) is 10.6 Å². The Balaban J connectivity index is 2.32. The maximum Gasteiger partial charge on any atom is 0.337 e. The van der Waals surface area contributed by atoms with E-state index in [0.29, 0.717) is 11.5 Å². The second-order valence-corrected chi connectivity index (χ2v) is 4.80. The van der Waals surface area contributed by atoms with Crippen LogP contribution < -0.4 is 0 Å². The highest BCUT2D eigenvalue weighted by atomic mass is 35.5. The lowest BCUT2D eigenvalue weighted by Gasteiger charge is -2.03. The molecule has 0 spiro atoms. The number of carboxylic acids is 1. The fourth-order valence-corrected chi connectivity index (χ4v) is 2.31. The van der Waals surface area contributed by atoms with Gasteiger partial charge in [-0.05, 0) is 19.1 Å². The van der Waals surface area contributed by atoms with Gasteiger partial charge in [-0.2, -0.15) is 5.10 Å². The summed E-state index contributed by atoms with van der Waals surface area (Å²) in [4.78, 5) is 11.1. The fraction of sp³-hybridized carbons (Fsp3) is 0.167. The van der Waals surface area contributed by atoms with Gasteiger partial charge in [0.2, 0.25) is 0 Å². The maximum absolute atomic E-state index is 11.1. The zero-order valence-corrected chi connectivity index (χ0v) is 11.5. The van der Waals surface area contributed by atoms with Gasteiger partial charge in [-0.3, -0.25) is 9.08 Å². The van der Waals surface area contributed by atoms with Gasteiger partial charge in [-0.25, -0.2) is 4.79 Å². The molecule has 0 saturated heterocycles. The average Bonchev–Trinajstić information content (AvgIpc) is 2.92. The minimum atomic E-state index is -1.06. The van der Waals surface area contributed by atoms with E-state index in [0.717, 1.165) is 11.4 Å². The minimum absolute atomic E-state index is 0.0717. The molecule has 3 aromatic heterocycles. The van der Waals surface area contributed by atoms with Gasteiger partial charge < -0.3 is 5.11 Å². The van der Waals surface area contributed by atoms with E-state index in [1.165, 1.54) is 12.3 Å². The van der Waals surface area contributed by atoms with Crippen LogP contribution in [0.15, 0.2) is 18.3 Å². The summed E-state index contributed by atoms with van der Waals surface area (Å²) < 4.78 is 3.22. The largest absolute Gasteiger partial charge is 0.478 e. The van der Waals surface area contributed by atoms with Gasteiger partial charge in [0.25, 0.3) is 0 Å². The Morgan fingerprint density at radius 1 is 1.35 bits per heavy atom. The third-order valence-corrected chi connectivity index (χ3v) is 3.22. The molecule has 0 bridgehead atoms. The van der Waals surface area contributed by atoms with Crippen LogP contribution in [0.1, 0.15) is 16.1 Å². The first-order chi connectivity index (χ1) is 9.47. The maximum atomic E-state index is 11.1. The molecule has 3 aromatic rings. The van der Waals surface area contributed by atoms with E-state index < -0.39 is 5.97 Å². The summed E-state index contributed by atoms with van der Waals surface area (Å²) in [6.07, 6.45) is 1.45. The summed E-state index contributed by atoms with van der Waals surface area (Å²) in [5, 5.41) is 21.6. The van der Waals surface area contributed by atoms with Gasteiger partial charge in [-0.15, -0.1) is 10.2 Å². The number of rotatable bonds is 2. The van der Waals surface area contributed by atoms with Crippen LogP contribution in [0.2, 0.25) is 5.02 Å². The van der Waals surface area contributed by atoms with Crippen molar-refractivity contribution in [3.8, 4) is 11.5 Å². The molecular weight excluding hydrogens is 282 g/mol. The van der Waals surface area contributed by atoms with E-state index in [9.17, 15) is 4.79 Å². The smallest absolute Gasteiger partial charge is 0.337 e. The zero-order chi connectivity index (χ0) is 14.4. The van der Waals surface area contributed by atoms with Crippen molar-refractivity contribution < 1.29 is 9.90 Å². The molecule has 0 atom stereocenters. The lowest BCUT2D eigenvalue weighted by atomic mass is 10.3. The predicted molar refractivity (Wildman–Crippen MR) is 71.9 cm³/mol. The number of halogens is 1. The molecule has 8 heteroatoms. The van der Waals surface area contributed by atoms with Gasteiger partial charge in [0.1, 0.15) is 5.69 Å². The average molecular weight is 292 g/mol. The van der Waals surface area contributed by atoms with Crippen molar-refractivity contribution in [1.82, 2.24) is 24.4 Å². The molecule has 3 heterocycles. The van der Waals surface area contributed by atoms with Crippen molar-refractivity contribution in [3.63, 3.8) is 0 Å². The molecule has 3 rings (SSSR count). The molecule has 0 unspecified atom stereocenters. The lowest BCUT2D eigenvalue weighted by Crippen LogP contribution is -2.02. The van der Waals surface area contributed by atoms with Crippen molar-refractivity contribution >= 4 is 23.2 Å². The number of pyridine rings is 1. The van der Waals surface area contributed by atoms with Gasteiger partial charge >= 0.3 is 5.97 Å². The number of hydrogen-bond acceptors (Lipinski definition) is 4. The second-order valence-electron chi connectivity index (χ2n) is 4.39. The molecule has 0 radical (unpaired) electrons. The molecule has 1 N–H and O–H groups in total. The van der Waals surface area contributed by atoms with E-state index in [2.05, 4.69) is 15.3 Å². The first-order valence-electron chi connectivity index (χ1n) is 5.76. The monoisotopic (exact) mass is 291 g/mol. The van der Waals surface area contributed by atoms with E-state index in [4.69, 9.17) is 16.7 Å². The van der Waals surface area contributed by atoms with Gasteiger partial charge in [-0.1, -0.05) is 11.6 Å². The molecule has 7 nitrogen and oxygen atoms in total. The van der Waals surface area contributed by atoms with Crippen LogP contribution in [-0.4, -0.2) is 35.5 Å². The Morgan fingerprint density at radius 3 is 2.70 bits per heavy atom. The third kappa shape index (κ3) is 1.83. The van der Waals surface area contributed by atoms with E-state index in [1.54, 1.807) is 16.1 Å². The molecule has 0 amide bonds. The molecule has 0 saturated carbocycles. The summed E-state index contributed by atoms with van der Waals surface area (Å²) >= 11 is 6.04. The number of aromatic carboxylic acids is 1. The summed E-state index contributed by atoms with van der Waals surface area (Å²) in [6, 6.07) is 3.20. The van der Waals surface area contributed by atoms with Gasteiger partial charge in [0, 0.05) is 13.2 Å². The first kappa shape index (κ1) is 12.6. The van der Waals surface area contributed by atoms with Crippen LogP contribution in [0.5, 0.6) is 0 Å². The van der Waals surface area contributed by atoms with Crippen LogP contribution in [0.3, 0.4) is 0 Å². The molecular formula is C12H10ClN5O2. The lowest BCUT2D eigenvalue weighted by molar-refractivity contribution is 0.0696. The SMILES string of the molecule is Cc1cc(-c2nnc3c(Cl)cc(C(=O)O)cn23)n(C)n1. The highest BCUT2D eigenvalue weighted by molar-refractivity contribution is 6.33. The van der Waals surface area contributed by atoms with Crippen molar-refractivity contribution in [2.24, 2.45) is 7.05 Å². The van der Waals surface area contributed by atoms with Crippen LogP contribution in [0, 0.1) is 6.92 Å². The Morgan fingerprint density at radius 2 is 2.10 bits per heavy atom. The number of fused-ring (bicyclic) bond motifs is 1. The molecule has 0 aliphatic heterocycles. The highest BCUT2D eigenvalue weighted by Crippen LogP contribution is 2.24.